The number of nitrogens with zero attached hydrogens (tertiary/aromatic N) is 2. The minimum Gasteiger partial charge on any atom is -0.338 e. The van der Waals surface area contributed by atoms with Crippen molar-refractivity contribution in [2.75, 3.05) is 13.1 Å². The predicted octanol–water partition coefficient (Wildman–Crippen LogP) is 3.94. The molecule has 1 aliphatic heterocycles. The van der Waals surface area contributed by atoms with Crippen molar-refractivity contribution >= 4 is 17.2 Å². The molecule has 1 fully saturated rings. The Morgan fingerprint density at radius 3 is 2.91 bits per heavy atom. The summed E-state index contributed by atoms with van der Waals surface area (Å²) in [6, 6.07) is 10.6. The van der Waals surface area contributed by atoms with Gasteiger partial charge in [0, 0.05) is 13.1 Å². The van der Waals surface area contributed by atoms with E-state index in [0.717, 1.165) is 42.9 Å². The number of likely N-dealkylation sites (tertiary alicyclic amines) is 1. The van der Waals surface area contributed by atoms with E-state index >= 15 is 0 Å². The third kappa shape index (κ3) is 3.55. The van der Waals surface area contributed by atoms with Crippen molar-refractivity contribution in [2.45, 2.75) is 32.6 Å². The zero-order chi connectivity index (χ0) is 15.4. The number of rotatable bonds is 4. The summed E-state index contributed by atoms with van der Waals surface area (Å²) >= 11 is 1.46. The predicted molar refractivity (Wildman–Crippen MR) is 90.2 cm³/mol. The first-order chi connectivity index (χ1) is 10.7. The van der Waals surface area contributed by atoms with Gasteiger partial charge in [0.1, 0.15) is 4.88 Å². The van der Waals surface area contributed by atoms with Crippen molar-refractivity contribution < 1.29 is 4.79 Å². The number of hydrogen-bond donors (Lipinski definition) is 0. The van der Waals surface area contributed by atoms with Crippen molar-refractivity contribution in [3.8, 4) is 0 Å². The van der Waals surface area contributed by atoms with Gasteiger partial charge >= 0.3 is 0 Å². The number of hydrogen-bond acceptors (Lipinski definition) is 3. The minimum atomic E-state index is 0.171. The molecular formula is C18H22N2OS. The van der Waals surface area contributed by atoms with Crippen LogP contribution < -0.4 is 0 Å². The van der Waals surface area contributed by atoms with E-state index in [0.29, 0.717) is 5.92 Å². The van der Waals surface area contributed by atoms with E-state index < -0.39 is 0 Å². The standard InChI is InChI=1S/C18H22N2OS/c1-14-17(22-13-19-14)18(21)20-11-5-8-16(12-20)10-9-15-6-3-2-4-7-15/h2-4,6-7,13,16H,5,8-12H2,1H3/t16-/m1/s1. The monoisotopic (exact) mass is 314 g/mol. The summed E-state index contributed by atoms with van der Waals surface area (Å²) in [4.78, 5) is 19.6. The molecule has 3 rings (SSSR count). The van der Waals surface area contributed by atoms with Crippen LogP contribution in [-0.4, -0.2) is 28.9 Å². The molecular weight excluding hydrogens is 292 g/mol. The van der Waals surface area contributed by atoms with E-state index in [4.69, 9.17) is 0 Å². The number of amides is 1. The number of carbonyl (C=O) groups excluding carboxylic acids is 1. The molecule has 0 spiro atoms. The van der Waals surface area contributed by atoms with E-state index in [1.807, 2.05) is 11.8 Å². The lowest BCUT2D eigenvalue weighted by atomic mass is 9.91. The zero-order valence-electron chi connectivity index (χ0n) is 13.0. The first-order valence-corrected chi connectivity index (χ1v) is 8.85. The van der Waals surface area contributed by atoms with Gasteiger partial charge in [-0.15, -0.1) is 11.3 Å². The van der Waals surface area contributed by atoms with Gasteiger partial charge in [0.2, 0.25) is 0 Å². The Hall–Kier alpha value is -1.68. The molecule has 0 unspecified atom stereocenters. The lowest BCUT2D eigenvalue weighted by Crippen LogP contribution is -2.40. The van der Waals surface area contributed by atoms with Crippen molar-refractivity contribution in [2.24, 2.45) is 5.92 Å². The highest BCUT2D eigenvalue weighted by Crippen LogP contribution is 2.24. The molecule has 4 heteroatoms. The smallest absolute Gasteiger partial charge is 0.265 e. The molecule has 1 saturated heterocycles. The van der Waals surface area contributed by atoms with Gasteiger partial charge in [-0.3, -0.25) is 4.79 Å². The molecule has 2 heterocycles. The second kappa shape index (κ2) is 7.05. The number of piperidine rings is 1. The van der Waals surface area contributed by atoms with Gasteiger partial charge in [-0.25, -0.2) is 4.98 Å². The van der Waals surface area contributed by atoms with Crippen LogP contribution in [0.3, 0.4) is 0 Å². The van der Waals surface area contributed by atoms with Crippen LogP contribution in [0.5, 0.6) is 0 Å². The fourth-order valence-corrected chi connectivity index (χ4v) is 3.92. The number of aryl methyl sites for hydroxylation is 2. The first kappa shape index (κ1) is 15.2. The molecule has 0 bridgehead atoms. The third-order valence-electron chi connectivity index (χ3n) is 4.43. The quantitative estimate of drug-likeness (QED) is 0.856. The molecule has 2 aromatic rings. The number of benzene rings is 1. The average Bonchev–Trinajstić information content (AvgIpc) is 2.99. The van der Waals surface area contributed by atoms with E-state index in [9.17, 15) is 4.79 Å². The van der Waals surface area contributed by atoms with Gasteiger partial charge in [0.25, 0.3) is 5.91 Å². The molecule has 116 valence electrons. The average molecular weight is 314 g/mol. The second-order valence-electron chi connectivity index (χ2n) is 6.05. The normalized spacial score (nSPS) is 18.4. The Kier molecular flexibility index (Phi) is 4.88. The zero-order valence-corrected chi connectivity index (χ0v) is 13.8. The highest BCUT2D eigenvalue weighted by molar-refractivity contribution is 7.11. The van der Waals surface area contributed by atoms with Gasteiger partial charge < -0.3 is 4.90 Å². The van der Waals surface area contributed by atoms with Gasteiger partial charge in [-0.2, -0.15) is 0 Å². The van der Waals surface area contributed by atoms with Gasteiger partial charge in [-0.05, 0) is 44.1 Å². The molecule has 1 amide bonds. The van der Waals surface area contributed by atoms with E-state index in [1.54, 1.807) is 5.51 Å². The summed E-state index contributed by atoms with van der Waals surface area (Å²) in [6.45, 7) is 3.70. The number of carbonyl (C=O) groups is 1. The van der Waals surface area contributed by atoms with Crippen LogP contribution in [0.25, 0.3) is 0 Å². The second-order valence-corrected chi connectivity index (χ2v) is 6.91. The maximum atomic E-state index is 12.6. The Morgan fingerprint density at radius 1 is 1.36 bits per heavy atom. The maximum absolute atomic E-state index is 12.6. The molecule has 0 N–H and O–H groups in total. The van der Waals surface area contributed by atoms with Crippen molar-refractivity contribution in [3.63, 3.8) is 0 Å². The molecule has 22 heavy (non-hydrogen) atoms. The van der Waals surface area contributed by atoms with Gasteiger partial charge in [0.15, 0.2) is 0 Å². The first-order valence-electron chi connectivity index (χ1n) is 7.97. The van der Waals surface area contributed by atoms with Crippen LogP contribution in [0.4, 0.5) is 0 Å². The fourth-order valence-electron chi connectivity index (χ4n) is 3.15. The lowest BCUT2D eigenvalue weighted by molar-refractivity contribution is 0.0672. The Morgan fingerprint density at radius 2 is 2.18 bits per heavy atom. The number of thiazole rings is 1. The summed E-state index contributed by atoms with van der Waals surface area (Å²) in [5.74, 6) is 0.788. The molecule has 0 radical (unpaired) electrons. The highest BCUT2D eigenvalue weighted by atomic mass is 32.1. The molecule has 0 aliphatic carbocycles. The Bertz CT molecular complexity index is 623. The third-order valence-corrected chi connectivity index (χ3v) is 5.35. The molecule has 1 atom stereocenters. The largest absolute Gasteiger partial charge is 0.338 e. The van der Waals surface area contributed by atoms with Crippen LogP contribution in [-0.2, 0) is 6.42 Å². The van der Waals surface area contributed by atoms with Crippen LogP contribution in [0.1, 0.15) is 40.2 Å². The lowest BCUT2D eigenvalue weighted by Gasteiger charge is -2.32. The fraction of sp³-hybridized carbons (Fsp3) is 0.444. The molecule has 1 aliphatic rings. The SMILES string of the molecule is Cc1ncsc1C(=O)N1CCC[C@H](CCc2ccccc2)C1. The van der Waals surface area contributed by atoms with Crippen LogP contribution >= 0.6 is 11.3 Å². The summed E-state index contributed by atoms with van der Waals surface area (Å²) in [5.41, 5.74) is 4.02. The summed E-state index contributed by atoms with van der Waals surface area (Å²) in [6.07, 6.45) is 4.62. The summed E-state index contributed by atoms with van der Waals surface area (Å²) < 4.78 is 0. The number of aromatic nitrogens is 1. The van der Waals surface area contributed by atoms with Crippen LogP contribution in [0.2, 0.25) is 0 Å². The van der Waals surface area contributed by atoms with Crippen molar-refractivity contribution in [1.29, 1.82) is 0 Å². The van der Waals surface area contributed by atoms with Gasteiger partial charge in [0.05, 0.1) is 11.2 Å². The summed E-state index contributed by atoms with van der Waals surface area (Å²) in [5, 5.41) is 0. The maximum Gasteiger partial charge on any atom is 0.265 e. The Labute approximate surface area is 136 Å². The molecule has 3 nitrogen and oxygen atoms in total. The van der Waals surface area contributed by atoms with E-state index in [-0.39, 0.29) is 5.91 Å². The van der Waals surface area contributed by atoms with Crippen LogP contribution in [0, 0.1) is 12.8 Å². The van der Waals surface area contributed by atoms with Gasteiger partial charge in [-0.1, -0.05) is 30.3 Å². The van der Waals surface area contributed by atoms with Crippen molar-refractivity contribution in [3.05, 3.63) is 52.0 Å². The minimum absolute atomic E-state index is 0.171. The molecule has 1 aromatic heterocycles. The van der Waals surface area contributed by atoms with E-state index in [1.165, 1.54) is 23.3 Å². The molecule has 1 aromatic carbocycles. The highest BCUT2D eigenvalue weighted by Gasteiger charge is 2.26. The summed E-state index contributed by atoms with van der Waals surface area (Å²) in [7, 11) is 0. The van der Waals surface area contributed by atoms with Crippen molar-refractivity contribution in [1.82, 2.24) is 9.88 Å². The molecule has 0 saturated carbocycles. The topological polar surface area (TPSA) is 33.2 Å². The van der Waals surface area contributed by atoms with Crippen LogP contribution in [0.15, 0.2) is 35.8 Å². The Balaban J connectivity index is 1.57. The van der Waals surface area contributed by atoms with E-state index in [2.05, 4.69) is 35.3 Å².